The number of rotatable bonds is 9. The summed E-state index contributed by atoms with van der Waals surface area (Å²) in [5.41, 5.74) is 8.97. The molecule has 0 fully saturated rings. The van der Waals surface area contributed by atoms with E-state index in [1.54, 1.807) is 0 Å². The van der Waals surface area contributed by atoms with Gasteiger partial charge >= 0.3 is 0 Å². The first-order chi connectivity index (χ1) is 11.1. The number of hydrogen-bond donors (Lipinski definition) is 2. The normalized spacial score (nSPS) is 13.7. The Kier molecular flexibility index (Phi) is 9.73. The van der Waals surface area contributed by atoms with E-state index in [1.165, 1.54) is 11.3 Å². The van der Waals surface area contributed by atoms with Gasteiger partial charge in [0.2, 0.25) is 5.91 Å². The molecular weight excluding hydrogens is 336 g/mol. The molecule has 1 aromatic heterocycles. The summed E-state index contributed by atoms with van der Waals surface area (Å²) in [6.45, 7) is 16.2. The van der Waals surface area contributed by atoms with Gasteiger partial charge in [-0.05, 0) is 51.0 Å². The average molecular weight is 373 g/mol. The van der Waals surface area contributed by atoms with Crippen molar-refractivity contribution in [2.75, 3.05) is 6.54 Å². The third kappa shape index (κ3) is 7.37. The van der Waals surface area contributed by atoms with E-state index in [4.69, 9.17) is 5.73 Å². The van der Waals surface area contributed by atoms with Gasteiger partial charge in [0.05, 0.1) is 5.69 Å². The molecule has 0 saturated carbocycles. The molecule has 1 unspecified atom stereocenters. The van der Waals surface area contributed by atoms with Gasteiger partial charge in [-0.15, -0.1) is 12.4 Å². The van der Waals surface area contributed by atoms with Crippen LogP contribution in [0.2, 0.25) is 0 Å². The van der Waals surface area contributed by atoms with Gasteiger partial charge in [-0.25, -0.2) is 0 Å². The molecule has 0 aliphatic heterocycles. The summed E-state index contributed by atoms with van der Waals surface area (Å²) in [5.74, 6) is 1.12. The Bertz CT molecular complexity index is 554. The Morgan fingerprint density at radius 1 is 1.24 bits per heavy atom. The van der Waals surface area contributed by atoms with Crippen molar-refractivity contribution in [1.82, 2.24) is 15.1 Å². The van der Waals surface area contributed by atoms with E-state index in [1.807, 2.05) is 13.8 Å². The van der Waals surface area contributed by atoms with Crippen LogP contribution in [0.15, 0.2) is 0 Å². The predicted octanol–water partition coefficient (Wildman–Crippen LogP) is 3.39. The van der Waals surface area contributed by atoms with Gasteiger partial charge in [-0.1, -0.05) is 27.7 Å². The van der Waals surface area contributed by atoms with Gasteiger partial charge in [-0.2, -0.15) is 5.10 Å². The highest BCUT2D eigenvalue weighted by atomic mass is 35.5. The molecule has 0 spiro atoms. The van der Waals surface area contributed by atoms with Crippen molar-refractivity contribution in [3.63, 3.8) is 0 Å². The molecule has 0 radical (unpaired) electrons. The fraction of sp³-hybridized carbons (Fsp3) is 0.789. The van der Waals surface area contributed by atoms with Crippen molar-refractivity contribution in [3.05, 3.63) is 17.0 Å². The smallest absolute Gasteiger partial charge is 0.220 e. The molecule has 146 valence electrons. The molecule has 1 rings (SSSR count). The quantitative estimate of drug-likeness (QED) is 0.697. The number of aromatic nitrogens is 2. The van der Waals surface area contributed by atoms with Crippen LogP contribution in [-0.2, 0) is 17.8 Å². The monoisotopic (exact) mass is 372 g/mol. The summed E-state index contributed by atoms with van der Waals surface area (Å²) in [6, 6.07) is 0. The van der Waals surface area contributed by atoms with Crippen LogP contribution in [0.1, 0.15) is 64.4 Å². The van der Waals surface area contributed by atoms with E-state index in [-0.39, 0.29) is 23.9 Å². The Morgan fingerprint density at radius 2 is 1.84 bits per heavy atom. The third-order valence-corrected chi connectivity index (χ3v) is 4.42. The Hall–Kier alpha value is -1.07. The SMILES string of the molecule is Cc1nn(CC(C)C)c(C)c1CCC(=O)NC(C)(CN)CC(C)C.Cl. The second-order valence-corrected chi connectivity index (χ2v) is 8.14. The summed E-state index contributed by atoms with van der Waals surface area (Å²) in [6.07, 6.45) is 2.09. The summed E-state index contributed by atoms with van der Waals surface area (Å²) in [4.78, 5) is 12.4. The first-order valence-electron chi connectivity index (χ1n) is 9.12. The molecule has 1 amide bonds. The molecule has 6 heteroatoms. The third-order valence-electron chi connectivity index (χ3n) is 4.42. The van der Waals surface area contributed by atoms with Crippen LogP contribution in [0.5, 0.6) is 0 Å². The predicted molar refractivity (Wildman–Crippen MR) is 107 cm³/mol. The van der Waals surface area contributed by atoms with Crippen molar-refractivity contribution in [2.45, 2.75) is 79.8 Å². The minimum absolute atomic E-state index is 0. The lowest BCUT2D eigenvalue weighted by atomic mass is 9.90. The van der Waals surface area contributed by atoms with Gasteiger partial charge in [0.15, 0.2) is 0 Å². The van der Waals surface area contributed by atoms with Crippen LogP contribution in [0, 0.1) is 25.7 Å². The molecule has 0 aromatic carbocycles. The van der Waals surface area contributed by atoms with Crippen molar-refractivity contribution < 1.29 is 4.79 Å². The lowest BCUT2D eigenvalue weighted by molar-refractivity contribution is -0.122. The van der Waals surface area contributed by atoms with E-state index in [0.717, 1.165) is 25.1 Å². The van der Waals surface area contributed by atoms with Crippen LogP contribution in [0.4, 0.5) is 0 Å². The van der Waals surface area contributed by atoms with Crippen LogP contribution in [-0.4, -0.2) is 27.8 Å². The molecule has 3 N–H and O–H groups in total. The molecule has 0 aliphatic carbocycles. The number of nitrogens with two attached hydrogens (primary N) is 1. The number of hydrogen-bond acceptors (Lipinski definition) is 3. The first kappa shape index (κ1) is 23.9. The fourth-order valence-electron chi connectivity index (χ4n) is 3.34. The average Bonchev–Trinajstić information content (AvgIpc) is 2.69. The zero-order valence-corrected chi connectivity index (χ0v) is 17.8. The van der Waals surface area contributed by atoms with E-state index < -0.39 is 0 Å². The van der Waals surface area contributed by atoms with E-state index in [0.29, 0.717) is 24.8 Å². The van der Waals surface area contributed by atoms with Gasteiger partial charge in [0.1, 0.15) is 0 Å². The van der Waals surface area contributed by atoms with Gasteiger partial charge < -0.3 is 11.1 Å². The highest BCUT2D eigenvalue weighted by molar-refractivity contribution is 5.85. The summed E-state index contributed by atoms with van der Waals surface area (Å²) < 4.78 is 2.07. The maximum Gasteiger partial charge on any atom is 0.220 e. The maximum atomic E-state index is 12.4. The molecule has 1 atom stereocenters. The second-order valence-electron chi connectivity index (χ2n) is 8.14. The van der Waals surface area contributed by atoms with Crippen LogP contribution < -0.4 is 11.1 Å². The highest BCUT2D eigenvalue weighted by Gasteiger charge is 2.26. The Labute approximate surface area is 159 Å². The number of carbonyl (C=O) groups excluding carboxylic acids is 1. The minimum atomic E-state index is -0.322. The molecule has 0 aliphatic rings. The van der Waals surface area contributed by atoms with E-state index >= 15 is 0 Å². The van der Waals surface area contributed by atoms with E-state index in [9.17, 15) is 4.79 Å². The maximum absolute atomic E-state index is 12.4. The summed E-state index contributed by atoms with van der Waals surface area (Å²) in [5, 5.41) is 7.75. The van der Waals surface area contributed by atoms with Gasteiger partial charge in [0, 0.05) is 30.7 Å². The van der Waals surface area contributed by atoms with Gasteiger partial charge in [0.25, 0.3) is 0 Å². The van der Waals surface area contributed by atoms with Crippen molar-refractivity contribution in [2.24, 2.45) is 17.6 Å². The minimum Gasteiger partial charge on any atom is -0.350 e. The Morgan fingerprint density at radius 3 is 2.32 bits per heavy atom. The molecule has 1 heterocycles. The van der Waals surface area contributed by atoms with Crippen molar-refractivity contribution in [3.8, 4) is 0 Å². The topological polar surface area (TPSA) is 72.9 Å². The number of aryl methyl sites for hydroxylation is 1. The lowest BCUT2D eigenvalue weighted by Gasteiger charge is -2.31. The summed E-state index contributed by atoms with van der Waals surface area (Å²) in [7, 11) is 0. The molecule has 0 saturated heterocycles. The first-order valence-corrected chi connectivity index (χ1v) is 9.12. The summed E-state index contributed by atoms with van der Waals surface area (Å²) >= 11 is 0. The number of carbonyl (C=O) groups is 1. The molecule has 25 heavy (non-hydrogen) atoms. The lowest BCUT2D eigenvalue weighted by Crippen LogP contribution is -2.52. The number of halogens is 1. The van der Waals surface area contributed by atoms with E-state index in [2.05, 4.69) is 49.7 Å². The fourth-order valence-corrected chi connectivity index (χ4v) is 3.34. The molecule has 0 bridgehead atoms. The molecular formula is C19H37ClN4O. The zero-order valence-electron chi connectivity index (χ0n) is 17.0. The van der Waals surface area contributed by atoms with Gasteiger partial charge in [-0.3, -0.25) is 9.48 Å². The highest BCUT2D eigenvalue weighted by Crippen LogP contribution is 2.18. The zero-order chi connectivity index (χ0) is 18.5. The number of amides is 1. The largest absolute Gasteiger partial charge is 0.350 e. The number of nitrogens with one attached hydrogen (secondary N) is 1. The van der Waals surface area contributed by atoms with Crippen molar-refractivity contribution >= 4 is 18.3 Å². The van der Waals surface area contributed by atoms with Crippen molar-refractivity contribution in [1.29, 1.82) is 0 Å². The Balaban J connectivity index is 0.00000576. The van der Waals surface area contributed by atoms with Crippen LogP contribution in [0.25, 0.3) is 0 Å². The van der Waals surface area contributed by atoms with Crippen LogP contribution in [0.3, 0.4) is 0 Å². The van der Waals surface area contributed by atoms with Crippen LogP contribution >= 0.6 is 12.4 Å². The standard InChI is InChI=1S/C19H36N4O.ClH/c1-13(2)10-19(7,12-20)21-18(24)9-8-17-15(5)22-23(16(17)6)11-14(3)4;/h13-14H,8-12,20H2,1-7H3,(H,21,24);1H. The number of nitrogens with zero attached hydrogens (tertiary/aromatic N) is 2. The second kappa shape index (κ2) is 10.2. The molecule has 1 aromatic rings. The molecule has 5 nitrogen and oxygen atoms in total.